The lowest BCUT2D eigenvalue weighted by Crippen LogP contribution is -1.93. The van der Waals surface area contributed by atoms with Gasteiger partial charge in [-0.15, -0.1) is 0 Å². The maximum Gasteiger partial charge on any atom is 0.0462 e. The molecule has 0 N–H and O–H groups in total. The number of hydrogen-bond donors (Lipinski definition) is 0. The van der Waals surface area contributed by atoms with Crippen molar-refractivity contribution >= 4 is 15.9 Å². The summed E-state index contributed by atoms with van der Waals surface area (Å²) in [5.41, 5.74) is 1.35. The summed E-state index contributed by atoms with van der Waals surface area (Å²) in [6, 6.07) is 10.5. The maximum atomic E-state index is 5.01. The van der Waals surface area contributed by atoms with E-state index < -0.39 is 0 Å². The highest BCUT2D eigenvalue weighted by Crippen LogP contribution is 2.26. The number of halogens is 1. The molecule has 0 saturated heterocycles. The van der Waals surface area contributed by atoms with Crippen LogP contribution < -0.4 is 0 Å². The Balaban J connectivity index is 2.35. The number of ether oxygens (including phenoxy) is 1. The van der Waals surface area contributed by atoms with Crippen LogP contribution in [0.4, 0.5) is 0 Å². The van der Waals surface area contributed by atoms with Crippen LogP contribution in [0.15, 0.2) is 30.3 Å². The predicted octanol–water partition coefficient (Wildman–Crippen LogP) is 3.55. The Morgan fingerprint density at radius 1 is 1.31 bits per heavy atom. The molecule has 0 aliphatic heterocycles. The summed E-state index contributed by atoms with van der Waals surface area (Å²) in [6.45, 7) is 0.842. The smallest absolute Gasteiger partial charge is 0.0462 e. The number of methoxy groups -OCH3 is 1. The van der Waals surface area contributed by atoms with Gasteiger partial charge in [-0.2, -0.15) is 0 Å². The zero-order chi connectivity index (χ0) is 9.52. The van der Waals surface area contributed by atoms with Crippen LogP contribution in [0.5, 0.6) is 0 Å². The lowest BCUT2D eigenvalue weighted by atomic mass is 10.1. The minimum absolute atomic E-state index is 0.462. The molecule has 0 aliphatic rings. The van der Waals surface area contributed by atoms with Crippen molar-refractivity contribution in [2.45, 2.75) is 17.7 Å². The van der Waals surface area contributed by atoms with Crippen LogP contribution in [0, 0.1) is 0 Å². The van der Waals surface area contributed by atoms with E-state index in [0.717, 1.165) is 19.4 Å². The quantitative estimate of drug-likeness (QED) is 0.567. The topological polar surface area (TPSA) is 9.23 Å². The molecule has 1 rings (SSSR count). The highest BCUT2D eigenvalue weighted by atomic mass is 79.9. The average molecular weight is 243 g/mol. The van der Waals surface area contributed by atoms with Crippen LogP contribution in [0.25, 0.3) is 0 Å². The molecule has 0 aliphatic carbocycles. The summed E-state index contributed by atoms with van der Waals surface area (Å²) in [4.78, 5) is 0.462. The third-order valence-electron chi connectivity index (χ3n) is 1.97. The van der Waals surface area contributed by atoms with Crippen molar-refractivity contribution in [1.82, 2.24) is 0 Å². The fourth-order valence-electron chi connectivity index (χ4n) is 1.24. The first-order chi connectivity index (χ1) is 6.34. The highest BCUT2D eigenvalue weighted by Gasteiger charge is 2.05. The maximum absolute atomic E-state index is 5.01. The third kappa shape index (κ3) is 3.92. The second-order valence-electron chi connectivity index (χ2n) is 3.01. The first kappa shape index (κ1) is 10.7. The Kier molecular flexibility index (Phi) is 5.09. The number of hydrogen-bond acceptors (Lipinski definition) is 1. The SMILES string of the molecule is COCCCC(Br)c1ccccc1. The second-order valence-corrected chi connectivity index (χ2v) is 4.12. The fourth-order valence-corrected chi connectivity index (χ4v) is 1.86. The Morgan fingerprint density at radius 2 is 2.00 bits per heavy atom. The number of alkyl halides is 1. The van der Waals surface area contributed by atoms with Gasteiger partial charge in [0.05, 0.1) is 0 Å². The zero-order valence-electron chi connectivity index (χ0n) is 7.87. The molecular formula is C11H15BrO. The molecular weight excluding hydrogens is 228 g/mol. The van der Waals surface area contributed by atoms with Crippen LogP contribution >= 0.6 is 15.9 Å². The van der Waals surface area contributed by atoms with Gasteiger partial charge in [-0.25, -0.2) is 0 Å². The Morgan fingerprint density at radius 3 is 2.62 bits per heavy atom. The van der Waals surface area contributed by atoms with E-state index in [9.17, 15) is 0 Å². The molecule has 1 unspecified atom stereocenters. The molecule has 1 atom stereocenters. The predicted molar refractivity (Wildman–Crippen MR) is 59.2 cm³/mol. The summed E-state index contributed by atoms with van der Waals surface area (Å²) in [7, 11) is 1.74. The molecule has 1 aromatic rings. The minimum Gasteiger partial charge on any atom is -0.385 e. The van der Waals surface area contributed by atoms with Crippen LogP contribution in [-0.4, -0.2) is 13.7 Å². The van der Waals surface area contributed by atoms with Crippen molar-refractivity contribution < 1.29 is 4.74 Å². The zero-order valence-corrected chi connectivity index (χ0v) is 9.46. The monoisotopic (exact) mass is 242 g/mol. The molecule has 0 bridgehead atoms. The lowest BCUT2D eigenvalue weighted by molar-refractivity contribution is 0.193. The van der Waals surface area contributed by atoms with E-state index in [4.69, 9.17) is 4.74 Å². The van der Waals surface area contributed by atoms with E-state index in [0.29, 0.717) is 4.83 Å². The van der Waals surface area contributed by atoms with Crippen molar-refractivity contribution in [1.29, 1.82) is 0 Å². The van der Waals surface area contributed by atoms with Gasteiger partial charge in [0.2, 0.25) is 0 Å². The molecule has 2 heteroatoms. The summed E-state index contributed by atoms with van der Waals surface area (Å²) in [5, 5.41) is 0. The first-order valence-corrected chi connectivity index (χ1v) is 5.44. The van der Waals surface area contributed by atoms with Crippen molar-refractivity contribution in [2.24, 2.45) is 0 Å². The van der Waals surface area contributed by atoms with Crippen molar-refractivity contribution in [3.8, 4) is 0 Å². The molecule has 0 heterocycles. The number of rotatable bonds is 5. The third-order valence-corrected chi connectivity index (χ3v) is 2.95. The van der Waals surface area contributed by atoms with E-state index in [1.165, 1.54) is 5.56 Å². The molecule has 0 amide bonds. The van der Waals surface area contributed by atoms with Crippen molar-refractivity contribution in [3.63, 3.8) is 0 Å². The largest absolute Gasteiger partial charge is 0.385 e. The summed E-state index contributed by atoms with van der Waals surface area (Å²) < 4.78 is 5.01. The Bertz CT molecular complexity index is 223. The van der Waals surface area contributed by atoms with E-state index in [1.807, 2.05) is 6.07 Å². The van der Waals surface area contributed by atoms with Gasteiger partial charge in [-0.1, -0.05) is 46.3 Å². The van der Waals surface area contributed by atoms with Gasteiger partial charge >= 0.3 is 0 Å². The van der Waals surface area contributed by atoms with Gasteiger partial charge in [-0.3, -0.25) is 0 Å². The lowest BCUT2D eigenvalue weighted by Gasteiger charge is -2.08. The Labute approximate surface area is 88.2 Å². The molecule has 0 saturated carbocycles. The van der Waals surface area contributed by atoms with E-state index in [1.54, 1.807) is 7.11 Å². The van der Waals surface area contributed by atoms with E-state index in [2.05, 4.69) is 40.2 Å². The van der Waals surface area contributed by atoms with Gasteiger partial charge in [-0.05, 0) is 18.4 Å². The molecule has 0 spiro atoms. The summed E-state index contributed by atoms with van der Waals surface area (Å²) >= 11 is 3.66. The average Bonchev–Trinajstić information content (AvgIpc) is 2.19. The van der Waals surface area contributed by atoms with Crippen molar-refractivity contribution in [2.75, 3.05) is 13.7 Å². The summed E-state index contributed by atoms with van der Waals surface area (Å²) in [5.74, 6) is 0. The highest BCUT2D eigenvalue weighted by molar-refractivity contribution is 9.09. The molecule has 0 fully saturated rings. The molecule has 1 nitrogen and oxygen atoms in total. The van der Waals surface area contributed by atoms with Crippen LogP contribution in [0.1, 0.15) is 23.2 Å². The van der Waals surface area contributed by atoms with E-state index >= 15 is 0 Å². The molecule has 13 heavy (non-hydrogen) atoms. The van der Waals surface area contributed by atoms with Gasteiger partial charge in [0.25, 0.3) is 0 Å². The van der Waals surface area contributed by atoms with Gasteiger partial charge in [0, 0.05) is 18.5 Å². The van der Waals surface area contributed by atoms with Crippen LogP contribution in [0.3, 0.4) is 0 Å². The summed E-state index contributed by atoms with van der Waals surface area (Å²) in [6.07, 6.45) is 2.22. The van der Waals surface area contributed by atoms with E-state index in [-0.39, 0.29) is 0 Å². The molecule has 1 aromatic carbocycles. The van der Waals surface area contributed by atoms with Crippen LogP contribution in [-0.2, 0) is 4.74 Å². The minimum atomic E-state index is 0.462. The molecule has 72 valence electrons. The van der Waals surface area contributed by atoms with Crippen molar-refractivity contribution in [3.05, 3.63) is 35.9 Å². The van der Waals surface area contributed by atoms with Crippen LogP contribution in [0.2, 0.25) is 0 Å². The Hall–Kier alpha value is -0.340. The van der Waals surface area contributed by atoms with Gasteiger partial charge in [0.15, 0.2) is 0 Å². The molecule has 0 aromatic heterocycles. The van der Waals surface area contributed by atoms with Gasteiger partial charge in [0.1, 0.15) is 0 Å². The number of benzene rings is 1. The van der Waals surface area contributed by atoms with Gasteiger partial charge < -0.3 is 4.74 Å². The first-order valence-electron chi connectivity index (χ1n) is 4.52. The molecule has 0 radical (unpaired) electrons. The second kappa shape index (κ2) is 6.17. The normalized spacial score (nSPS) is 12.8. The standard InChI is InChI=1S/C11H15BrO/c1-13-9-5-8-11(12)10-6-3-2-4-7-10/h2-4,6-7,11H,5,8-9H2,1H3. The fraction of sp³-hybridized carbons (Fsp3) is 0.455.